The molecule has 1 aliphatic heterocycles. The van der Waals surface area contributed by atoms with E-state index in [1.165, 1.54) is 60.9 Å². The number of benzene rings is 1. The Morgan fingerprint density at radius 3 is 2.62 bits per heavy atom. The van der Waals surface area contributed by atoms with Crippen molar-refractivity contribution in [3.05, 3.63) is 28.2 Å². The summed E-state index contributed by atoms with van der Waals surface area (Å²) in [6.45, 7) is 4.67. The van der Waals surface area contributed by atoms with Crippen molar-refractivity contribution in [3.63, 3.8) is 0 Å². The van der Waals surface area contributed by atoms with Crippen LogP contribution in [0.15, 0.2) is 22.7 Å². The van der Waals surface area contributed by atoms with E-state index in [9.17, 15) is 0 Å². The van der Waals surface area contributed by atoms with Gasteiger partial charge in [-0.3, -0.25) is 0 Å². The molecule has 16 heavy (non-hydrogen) atoms. The van der Waals surface area contributed by atoms with Gasteiger partial charge >= 0.3 is 0 Å². The minimum Gasteiger partial charge on any atom is -0.371 e. The van der Waals surface area contributed by atoms with Crippen LogP contribution in [0.25, 0.3) is 0 Å². The average molecular weight is 282 g/mol. The standard InChI is InChI=1S/C14H20BrN/c1-2-3-6-12-7-8-14(13(15)11-12)16-9-4-5-10-16/h7-8,11H,2-6,9-10H2,1H3. The van der Waals surface area contributed by atoms with Crippen molar-refractivity contribution in [2.24, 2.45) is 0 Å². The van der Waals surface area contributed by atoms with E-state index >= 15 is 0 Å². The molecule has 0 spiro atoms. The second-order valence-electron chi connectivity index (χ2n) is 4.58. The molecule has 0 atom stereocenters. The van der Waals surface area contributed by atoms with Gasteiger partial charge in [0.1, 0.15) is 0 Å². The molecule has 1 saturated heterocycles. The van der Waals surface area contributed by atoms with E-state index in [0.717, 1.165) is 0 Å². The Hall–Kier alpha value is -0.500. The van der Waals surface area contributed by atoms with Gasteiger partial charge in [0.15, 0.2) is 0 Å². The second-order valence-corrected chi connectivity index (χ2v) is 5.44. The fraction of sp³-hybridized carbons (Fsp3) is 0.571. The van der Waals surface area contributed by atoms with E-state index < -0.39 is 0 Å². The van der Waals surface area contributed by atoms with Crippen molar-refractivity contribution in [1.82, 2.24) is 0 Å². The molecule has 1 nitrogen and oxygen atoms in total. The van der Waals surface area contributed by atoms with Gasteiger partial charge in [0, 0.05) is 17.6 Å². The minimum absolute atomic E-state index is 1.20. The minimum atomic E-state index is 1.20. The fourth-order valence-corrected chi connectivity index (χ4v) is 2.98. The lowest BCUT2D eigenvalue weighted by Gasteiger charge is -2.19. The van der Waals surface area contributed by atoms with Crippen molar-refractivity contribution < 1.29 is 0 Å². The van der Waals surface area contributed by atoms with E-state index in [2.05, 4.69) is 46.0 Å². The molecule has 0 radical (unpaired) electrons. The molecule has 1 aromatic rings. The lowest BCUT2D eigenvalue weighted by molar-refractivity contribution is 0.794. The number of unbranched alkanes of at least 4 members (excludes halogenated alkanes) is 1. The van der Waals surface area contributed by atoms with E-state index in [-0.39, 0.29) is 0 Å². The highest BCUT2D eigenvalue weighted by atomic mass is 79.9. The Morgan fingerprint density at radius 1 is 1.25 bits per heavy atom. The molecule has 2 rings (SSSR count). The van der Waals surface area contributed by atoms with Crippen LogP contribution in [0, 0.1) is 0 Å². The van der Waals surface area contributed by atoms with Gasteiger partial charge in [-0.05, 0) is 59.3 Å². The SMILES string of the molecule is CCCCc1ccc(N2CCCC2)c(Br)c1. The largest absolute Gasteiger partial charge is 0.371 e. The third-order valence-corrected chi connectivity index (χ3v) is 3.91. The first-order chi connectivity index (χ1) is 7.81. The molecule has 1 aromatic carbocycles. The van der Waals surface area contributed by atoms with Crippen molar-refractivity contribution in [1.29, 1.82) is 0 Å². The molecule has 1 heterocycles. The van der Waals surface area contributed by atoms with Crippen molar-refractivity contribution >= 4 is 21.6 Å². The number of aryl methyl sites for hydroxylation is 1. The third-order valence-electron chi connectivity index (χ3n) is 3.28. The predicted octanol–water partition coefficient (Wildman–Crippen LogP) is 4.39. The highest BCUT2D eigenvalue weighted by Gasteiger charge is 2.14. The Morgan fingerprint density at radius 2 is 2.00 bits per heavy atom. The first-order valence-electron chi connectivity index (χ1n) is 6.34. The molecule has 0 aromatic heterocycles. The second kappa shape index (κ2) is 5.72. The van der Waals surface area contributed by atoms with Crippen LogP contribution in [-0.4, -0.2) is 13.1 Å². The molecule has 1 aliphatic rings. The number of nitrogens with zero attached hydrogens (tertiary/aromatic N) is 1. The Kier molecular flexibility index (Phi) is 4.28. The molecular formula is C14H20BrN. The number of anilines is 1. The van der Waals surface area contributed by atoms with Gasteiger partial charge in [-0.2, -0.15) is 0 Å². The maximum absolute atomic E-state index is 3.71. The van der Waals surface area contributed by atoms with Gasteiger partial charge in [0.25, 0.3) is 0 Å². The van der Waals surface area contributed by atoms with Crippen molar-refractivity contribution in [3.8, 4) is 0 Å². The molecule has 88 valence electrons. The smallest absolute Gasteiger partial charge is 0.0510 e. The summed E-state index contributed by atoms with van der Waals surface area (Å²) < 4.78 is 1.27. The zero-order chi connectivity index (χ0) is 11.4. The lowest BCUT2D eigenvalue weighted by Crippen LogP contribution is -2.18. The van der Waals surface area contributed by atoms with Crippen LogP contribution in [0.2, 0.25) is 0 Å². The summed E-state index contributed by atoms with van der Waals surface area (Å²) in [7, 11) is 0. The number of hydrogen-bond acceptors (Lipinski definition) is 1. The van der Waals surface area contributed by atoms with Crippen molar-refractivity contribution in [2.75, 3.05) is 18.0 Å². The predicted molar refractivity (Wildman–Crippen MR) is 74.2 cm³/mol. The van der Waals surface area contributed by atoms with Crippen LogP contribution >= 0.6 is 15.9 Å². The Balaban J connectivity index is 2.09. The number of halogens is 1. The molecule has 0 amide bonds. The Labute approximate surface area is 107 Å². The van der Waals surface area contributed by atoms with E-state index in [0.29, 0.717) is 0 Å². The molecule has 0 saturated carbocycles. The summed E-state index contributed by atoms with van der Waals surface area (Å²) in [6, 6.07) is 6.86. The first-order valence-corrected chi connectivity index (χ1v) is 7.14. The van der Waals surface area contributed by atoms with Gasteiger partial charge in [0.2, 0.25) is 0 Å². The molecule has 0 aliphatic carbocycles. The highest BCUT2D eigenvalue weighted by molar-refractivity contribution is 9.10. The highest BCUT2D eigenvalue weighted by Crippen LogP contribution is 2.30. The first kappa shape index (κ1) is 12.0. The quantitative estimate of drug-likeness (QED) is 0.791. The zero-order valence-electron chi connectivity index (χ0n) is 10.0. The van der Waals surface area contributed by atoms with E-state index in [1.807, 2.05) is 0 Å². The van der Waals surface area contributed by atoms with Crippen LogP contribution < -0.4 is 4.90 Å². The normalized spacial score (nSPS) is 15.8. The van der Waals surface area contributed by atoms with Gasteiger partial charge in [-0.15, -0.1) is 0 Å². The van der Waals surface area contributed by atoms with Gasteiger partial charge in [-0.25, -0.2) is 0 Å². The molecule has 1 fully saturated rings. The topological polar surface area (TPSA) is 3.24 Å². The summed E-state index contributed by atoms with van der Waals surface area (Å²) in [5, 5.41) is 0. The molecule has 0 N–H and O–H groups in total. The van der Waals surface area contributed by atoms with Crippen LogP contribution in [0.5, 0.6) is 0 Å². The fourth-order valence-electron chi connectivity index (χ4n) is 2.30. The molecular weight excluding hydrogens is 262 g/mol. The van der Waals surface area contributed by atoms with Crippen LogP contribution in [0.4, 0.5) is 5.69 Å². The molecule has 2 heteroatoms. The summed E-state index contributed by atoms with van der Waals surface area (Å²) in [6.07, 6.45) is 6.43. The monoisotopic (exact) mass is 281 g/mol. The number of rotatable bonds is 4. The van der Waals surface area contributed by atoms with Crippen LogP contribution in [-0.2, 0) is 6.42 Å². The molecule has 0 bridgehead atoms. The summed E-state index contributed by atoms with van der Waals surface area (Å²) in [5.41, 5.74) is 2.83. The molecule has 0 unspecified atom stereocenters. The van der Waals surface area contributed by atoms with E-state index in [1.54, 1.807) is 0 Å². The van der Waals surface area contributed by atoms with Crippen molar-refractivity contribution in [2.45, 2.75) is 39.0 Å². The average Bonchev–Trinajstić information content (AvgIpc) is 2.80. The summed E-state index contributed by atoms with van der Waals surface area (Å²) in [5.74, 6) is 0. The summed E-state index contributed by atoms with van der Waals surface area (Å²) >= 11 is 3.71. The lowest BCUT2D eigenvalue weighted by atomic mass is 10.1. The van der Waals surface area contributed by atoms with Gasteiger partial charge in [0.05, 0.1) is 5.69 Å². The van der Waals surface area contributed by atoms with E-state index in [4.69, 9.17) is 0 Å². The maximum atomic E-state index is 3.71. The third kappa shape index (κ3) is 2.79. The van der Waals surface area contributed by atoms with Gasteiger partial charge in [-0.1, -0.05) is 19.4 Å². The maximum Gasteiger partial charge on any atom is 0.0510 e. The number of hydrogen-bond donors (Lipinski definition) is 0. The zero-order valence-corrected chi connectivity index (χ0v) is 11.6. The summed E-state index contributed by atoms with van der Waals surface area (Å²) in [4.78, 5) is 2.48. The van der Waals surface area contributed by atoms with Crippen LogP contribution in [0.3, 0.4) is 0 Å². The van der Waals surface area contributed by atoms with Crippen LogP contribution in [0.1, 0.15) is 38.2 Å². The van der Waals surface area contributed by atoms with Gasteiger partial charge < -0.3 is 4.90 Å². The Bertz CT molecular complexity index is 343.